The van der Waals surface area contributed by atoms with Gasteiger partial charge in [0.05, 0.1) is 6.20 Å². The molecule has 26 heavy (non-hydrogen) atoms. The van der Waals surface area contributed by atoms with Crippen molar-refractivity contribution in [2.45, 2.75) is 50.9 Å². The molecule has 4 rings (SSSR count). The van der Waals surface area contributed by atoms with Gasteiger partial charge in [-0.05, 0) is 43.4 Å². The van der Waals surface area contributed by atoms with Crippen molar-refractivity contribution >= 4 is 5.91 Å². The Bertz CT molecular complexity index is 789. The van der Waals surface area contributed by atoms with Gasteiger partial charge in [-0.1, -0.05) is 25.5 Å². The number of hydrogen-bond acceptors (Lipinski definition) is 3. The van der Waals surface area contributed by atoms with Gasteiger partial charge in [-0.15, -0.1) is 0 Å². The molecule has 2 fully saturated rings. The second-order valence-electron chi connectivity index (χ2n) is 7.95. The molecule has 1 aromatic carbocycles. The van der Waals surface area contributed by atoms with Crippen LogP contribution < -0.4 is 0 Å². The van der Waals surface area contributed by atoms with Crippen molar-refractivity contribution in [2.24, 2.45) is 5.92 Å². The van der Waals surface area contributed by atoms with Gasteiger partial charge in [0.25, 0.3) is 0 Å². The Kier molecular flexibility index (Phi) is 4.55. The van der Waals surface area contributed by atoms with E-state index in [1.807, 2.05) is 11.0 Å². The predicted molar refractivity (Wildman–Crippen MR) is 96.2 cm³/mol. The molecular weight excluding hydrogens is 331 g/mol. The Balaban J connectivity index is 1.40. The third kappa shape index (κ3) is 3.39. The molecule has 138 valence electrons. The van der Waals surface area contributed by atoms with Gasteiger partial charge in [-0.3, -0.25) is 4.79 Å². The monoisotopic (exact) mass is 356 g/mol. The fraction of sp³-hybridized carbons (Fsp3) is 0.524. The van der Waals surface area contributed by atoms with Crippen molar-refractivity contribution in [1.29, 1.82) is 0 Å². The summed E-state index contributed by atoms with van der Waals surface area (Å²) in [5.74, 6) is 1.84. The van der Waals surface area contributed by atoms with Crippen LogP contribution in [-0.4, -0.2) is 28.9 Å². The molecule has 1 aliphatic carbocycles. The number of aromatic nitrogens is 1. The van der Waals surface area contributed by atoms with Crippen LogP contribution in [0.3, 0.4) is 0 Å². The summed E-state index contributed by atoms with van der Waals surface area (Å²) in [7, 11) is 0. The number of piperidine rings is 1. The van der Waals surface area contributed by atoms with Crippen molar-refractivity contribution < 1.29 is 13.6 Å². The van der Waals surface area contributed by atoms with Crippen molar-refractivity contribution in [2.75, 3.05) is 13.1 Å². The number of nitrogens with zero attached hydrogens (tertiary/aromatic N) is 2. The number of amides is 1. The first-order valence-electron chi connectivity index (χ1n) is 9.52. The standard InChI is InChI=1S/C21H25FN2O2/c1-21(8-10-24(11-9-21)19(25)16-5-3-6-16)20-23-14-18(26-20)13-15-4-2-7-17(22)12-15/h2,4,7,12,14,16H,3,5-6,8-11,13H2,1H3. The van der Waals surface area contributed by atoms with E-state index in [0.717, 1.165) is 56.0 Å². The van der Waals surface area contributed by atoms with Crippen LogP contribution in [0.4, 0.5) is 4.39 Å². The van der Waals surface area contributed by atoms with Gasteiger partial charge < -0.3 is 9.32 Å². The van der Waals surface area contributed by atoms with Crippen LogP contribution in [0.25, 0.3) is 0 Å². The highest BCUT2D eigenvalue weighted by molar-refractivity contribution is 5.79. The topological polar surface area (TPSA) is 46.3 Å². The van der Waals surface area contributed by atoms with E-state index < -0.39 is 0 Å². The molecule has 2 aromatic rings. The molecule has 1 amide bonds. The van der Waals surface area contributed by atoms with E-state index in [4.69, 9.17) is 4.42 Å². The van der Waals surface area contributed by atoms with Gasteiger partial charge in [0.1, 0.15) is 11.6 Å². The minimum Gasteiger partial charge on any atom is -0.445 e. The molecule has 0 spiro atoms. The van der Waals surface area contributed by atoms with Crippen molar-refractivity contribution in [3.8, 4) is 0 Å². The molecule has 2 aliphatic rings. The van der Waals surface area contributed by atoms with Crippen molar-refractivity contribution in [3.05, 3.63) is 53.5 Å². The summed E-state index contributed by atoms with van der Waals surface area (Å²) in [6, 6.07) is 6.55. The Morgan fingerprint density at radius 2 is 2.12 bits per heavy atom. The summed E-state index contributed by atoms with van der Waals surface area (Å²) in [4.78, 5) is 18.9. The second kappa shape index (κ2) is 6.86. The number of rotatable bonds is 4. The van der Waals surface area contributed by atoms with Crippen LogP contribution in [0.1, 0.15) is 56.2 Å². The lowest BCUT2D eigenvalue weighted by molar-refractivity contribution is -0.139. The molecule has 0 unspecified atom stereocenters. The first-order chi connectivity index (χ1) is 12.5. The highest BCUT2D eigenvalue weighted by Gasteiger charge is 2.39. The second-order valence-corrected chi connectivity index (χ2v) is 7.95. The maximum absolute atomic E-state index is 13.3. The predicted octanol–water partition coefficient (Wildman–Crippen LogP) is 4.08. The lowest BCUT2D eigenvalue weighted by Crippen LogP contribution is -2.47. The smallest absolute Gasteiger partial charge is 0.225 e. The molecule has 1 aromatic heterocycles. The largest absolute Gasteiger partial charge is 0.445 e. The SMILES string of the molecule is CC1(c2ncc(Cc3cccc(F)c3)o2)CCN(C(=O)C2CCC2)CC1. The molecule has 5 heteroatoms. The minimum absolute atomic E-state index is 0.142. The third-order valence-electron chi connectivity index (χ3n) is 5.97. The number of likely N-dealkylation sites (tertiary alicyclic amines) is 1. The van der Waals surface area contributed by atoms with Gasteiger partial charge in [0.2, 0.25) is 5.91 Å². The number of halogens is 1. The molecule has 0 N–H and O–H groups in total. The highest BCUT2D eigenvalue weighted by Crippen LogP contribution is 2.37. The zero-order chi connectivity index (χ0) is 18.1. The Morgan fingerprint density at radius 1 is 1.35 bits per heavy atom. The summed E-state index contributed by atoms with van der Waals surface area (Å²) in [5, 5.41) is 0. The molecule has 1 saturated heterocycles. The lowest BCUT2D eigenvalue weighted by Gasteiger charge is -2.40. The van der Waals surface area contributed by atoms with Gasteiger partial charge in [-0.2, -0.15) is 0 Å². The summed E-state index contributed by atoms with van der Waals surface area (Å²) < 4.78 is 19.3. The number of oxazole rings is 1. The van der Waals surface area contributed by atoms with E-state index in [2.05, 4.69) is 11.9 Å². The average molecular weight is 356 g/mol. The first-order valence-corrected chi connectivity index (χ1v) is 9.52. The molecule has 0 atom stereocenters. The minimum atomic E-state index is -0.238. The molecule has 0 radical (unpaired) electrons. The molecule has 0 bridgehead atoms. The molecule has 4 nitrogen and oxygen atoms in total. The van der Waals surface area contributed by atoms with Crippen LogP contribution >= 0.6 is 0 Å². The Labute approximate surface area is 153 Å². The summed E-state index contributed by atoms with van der Waals surface area (Å²) in [5.41, 5.74) is 0.732. The van der Waals surface area contributed by atoms with Crippen LogP contribution in [0.2, 0.25) is 0 Å². The zero-order valence-electron chi connectivity index (χ0n) is 15.2. The van der Waals surface area contributed by atoms with E-state index in [9.17, 15) is 9.18 Å². The van der Waals surface area contributed by atoms with Gasteiger partial charge in [0, 0.05) is 30.8 Å². The zero-order valence-corrected chi connectivity index (χ0v) is 15.2. The quantitative estimate of drug-likeness (QED) is 0.829. The highest BCUT2D eigenvalue weighted by atomic mass is 19.1. The maximum Gasteiger partial charge on any atom is 0.225 e. The fourth-order valence-electron chi connectivity index (χ4n) is 3.86. The van der Waals surface area contributed by atoms with Crippen LogP contribution in [0.15, 0.2) is 34.9 Å². The van der Waals surface area contributed by atoms with E-state index in [1.165, 1.54) is 18.6 Å². The first kappa shape index (κ1) is 17.3. The number of carbonyl (C=O) groups excluding carboxylic acids is 1. The molecular formula is C21H25FN2O2. The number of carbonyl (C=O) groups is 1. The van der Waals surface area contributed by atoms with Crippen LogP contribution in [0.5, 0.6) is 0 Å². The maximum atomic E-state index is 13.3. The van der Waals surface area contributed by atoms with Gasteiger partial charge in [-0.25, -0.2) is 9.37 Å². The summed E-state index contributed by atoms with van der Waals surface area (Å²) in [6.07, 6.45) is 7.30. The lowest BCUT2D eigenvalue weighted by atomic mass is 9.78. The average Bonchev–Trinajstić information content (AvgIpc) is 3.03. The van der Waals surface area contributed by atoms with Crippen molar-refractivity contribution in [1.82, 2.24) is 9.88 Å². The van der Waals surface area contributed by atoms with Gasteiger partial charge >= 0.3 is 0 Å². The molecule has 1 aliphatic heterocycles. The third-order valence-corrected chi connectivity index (χ3v) is 5.97. The fourth-order valence-corrected chi connectivity index (χ4v) is 3.86. The van der Waals surface area contributed by atoms with Gasteiger partial charge in [0.15, 0.2) is 5.89 Å². The van der Waals surface area contributed by atoms with Crippen LogP contribution in [-0.2, 0) is 16.6 Å². The Hall–Kier alpha value is -2.17. The number of benzene rings is 1. The summed E-state index contributed by atoms with van der Waals surface area (Å²) >= 11 is 0. The normalized spacial score (nSPS) is 20.0. The molecule has 2 heterocycles. The van der Waals surface area contributed by atoms with E-state index >= 15 is 0 Å². The van der Waals surface area contributed by atoms with Crippen LogP contribution in [0, 0.1) is 11.7 Å². The van der Waals surface area contributed by atoms with E-state index in [1.54, 1.807) is 12.3 Å². The summed E-state index contributed by atoms with van der Waals surface area (Å²) in [6.45, 7) is 3.71. The van der Waals surface area contributed by atoms with Crippen molar-refractivity contribution in [3.63, 3.8) is 0 Å². The Morgan fingerprint density at radius 3 is 2.77 bits per heavy atom. The molecule has 1 saturated carbocycles. The number of hydrogen-bond donors (Lipinski definition) is 0. The van der Waals surface area contributed by atoms with E-state index in [-0.39, 0.29) is 17.2 Å². The van der Waals surface area contributed by atoms with E-state index in [0.29, 0.717) is 12.3 Å².